The molecule has 0 heterocycles. The fourth-order valence-corrected chi connectivity index (χ4v) is 2.43. The van der Waals surface area contributed by atoms with Crippen LogP contribution < -0.4 is 0 Å². The summed E-state index contributed by atoms with van der Waals surface area (Å²) in [5.41, 5.74) is 5.73. The number of fused-ring (bicyclic) bond motifs is 2. The molecule has 0 atom stereocenters. The van der Waals surface area contributed by atoms with Crippen molar-refractivity contribution >= 4 is 0 Å². The molecule has 0 fully saturated rings. The molecule has 1 heteroatoms. The van der Waals surface area contributed by atoms with Gasteiger partial charge in [0.25, 0.3) is 0 Å². The number of rotatable bonds is 0. The van der Waals surface area contributed by atoms with Crippen LogP contribution in [0.25, 0.3) is 0 Å². The molecule has 0 bridgehead atoms. The number of hydrogen-bond donors (Lipinski definition) is 0. The molecule has 2 aromatic carbocycles. The van der Waals surface area contributed by atoms with Crippen molar-refractivity contribution in [1.82, 2.24) is 0 Å². The Kier molecular flexibility index (Phi) is 3.21. The molecule has 0 unspecified atom stereocenters. The average molecular weight is 377 g/mol. The van der Waals surface area contributed by atoms with Crippen LogP contribution >= 0.6 is 0 Å². The first kappa shape index (κ1) is 11.5. The molecule has 0 amide bonds. The van der Waals surface area contributed by atoms with Crippen molar-refractivity contribution in [2.24, 2.45) is 0 Å². The van der Waals surface area contributed by atoms with Crippen LogP contribution in [-0.2, 0) is 27.5 Å². The zero-order valence-electron chi connectivity index (χ0n) is 9.23. The third-order valence-corrected chi connectivity index (χ3v) is 3.22. The molecular formula is C15H13W+. The molecule has 0 saturated carbocycles. The molecule has 78 valence electrons. The van der Waals surface area contributed by atoms with E-state index in [0.717, 1.165) is 6.42 Å². The maximum absolute atomic E-state index is 2.23. The van der Waals surface area contributed by atoms with E-state index in [-0.39, 0.29) is 21.1 Å². The van der Waals surface area contributed by atoms with Gasteiger partial charge in [-0.25, -0.2) is 0 Å². The molecule has 0 nitrogen and oxygen atoms in total. The van der Waals surface area contributed by atoms with Gasteiger partial charge in [-0.1, -0.05) is 49.7 Å². The molecule has 0 saturated heterocycles. The van der Waals surface area contributed by atoms with E-state index >= 15 is 0 Å². The standard InChI is InChI=1S/C15H13.W/c1-11-14-8-4-2-6-12(14)10-13-7-3-5-9-15(11)13;/h2-9H,10H2,1H3;/q-1;+2. The molecule has 2 aromatic rings. The van der Waals surface area contributed by atoms with Gasteiger partial charge in [0.2, 0.25) is 0 Å². The van der Waals surface area contributed by atoms with Crippen molar-refractivity contribution in [3.63, 3.8) is 0 Å². The summed E-state index contributed by atoms with van der Waals surface area (Å²) in [5.74, 6) is 1.41. The molecule has 1 aliphatic carbocycles. The predicted molar refractivity (Wildman–Crippen MR) is 62.8 cm³/mol. The summed E-state index contributed by atoms with van der Waals surface area (Å²) in [6.07, 6.45) is 1.07. The smallest absolute Gasteiger partial charge is 0.118 e. The van der Waals surface area contributed by atoms with E-state index in [0.29, 0.717) is 0 Å². The van der Waals surface area contributed by atoms with Crippen LogP contribution in [0, 0.1) is 5.92 Å². The number of hydrogen-bond acceptors (Lipinski definition) is 0. The van der Waals surface area contributed by atoms with E-state index in [4.69, 9.17) is 0 Å². The minimum atomic E-state index is 0. The summed E-state index contributed by atoms with van der Waals surface area (Å²) in [6, 6.07) is 17.4. The van der Waals surface area contributed by atoms with Gasteiger partial charge < -0.3 is 0 Å². The Labute approximate surface area is 111 Å². The largest absolute Gasteiger partial charge is 2.00 e. The van der Waals surface area contributed by atoms with Crippen LogP contribution in [-0.4, -0.2) is 0 Å². The van der Waals surface area contributed by atoms with Crippen LogP contribution in [0.15, 0.2) is 48.5 Å². The topological polar surface area (TPSA) is 0 Å². The van der Waals surface area contributed by atoms with Crippen molar-refractivity contribution in [2.45, 2.75) is 13.3 Å². The molecule has 0 N–H and O–H groups in total. The van der Waals surface area contributed by atoms with E-state index in [2.05, 4.69) is 55.5 Å². The van der Waals surface area contributed by atoms with Gasteiger partial charge in [-0.3, -0.25) is 0 Å². The summed E-state index contributed by atoms with van der Waals surface area (Å²) in [7, 11) is 0. The molecule has 16 heavy (non-hydrogen) atoms. The van der Waals surface area contributed by atoms with Gasteiger partial charge in [0.05, 0.1) is 0 Å². The Morgan fingerprint density at radius 3 is 1.75 bits per heavy atom. The fourth-order valence-electron chi connectivity index (χ4n) is 2.43. The molecule has 3 rings (SSSR count). The summed E-state index contributed by atoms with van der Waals surface area (Å²) < 4.78 is 0. The van der Waals surface area contributed by atoms with E-state index in [1.165, 1.54) is 28.2 Å². The van der Waals surface area contributed by atoms with Gasteiger partial charge in [0.15, 0.2) is 0 Å². The minimum Gasteiger partial charge on any atom is -0.118 e. The second-order valence-electron chi connectivity index (χ2n) is 4.12. The summed E-state index contributed by atoms with van der Waals surface area (Å²) in [6.45, 7) is 2.22. The Balaban J connectivity index is 0.000000963. The molecular weight excluding hydrogens is 364 g/mol. The van der Waals surface area contributed by atoms with Crippen LogP contribution in [0.2, 0.25) is 0 Å². The van der Waals surface area contributed by atoms with E-state index in [9.17, 15) is 0 Å². The van der Waals surface area contributed by atoms with Crippen molar-refractivity contribution < 1.29 is 21.1 Å². The molecule has 0 aliphatic heterocycles. The van der Waals surface area contributed by atoms with Crippen LogP contribution in [0.5, 0.6) is 0 Å². The third-order valence-electron chi connectivity index (χ3n) is 3.22. The Bertz CT molecular complexity index is 457. The van der Waals surface area contributed by atoms with Gasteiger partial charge in [0, 0.05) is 0 Å². The Morgan fingerprint density at radius 1 is 0.812 bits per heavy atom. The summed E-state index contributed by atoms with van der Waals surface area (Å²) in [4.78, 5) is 0. The first-order valence-electron chi connectivity index (χ1n) is 5.36. The van der Waals surface area contributed by atoms with E-state index in [1.54, 1.807) is 0 Å². The Morgan fingerprint density at radius 2 is 1.25 bits per heavy atom. The zero-order chi connectivity index (χ0) is 10.3. The second kappa shape index (κ2) is 4.47. The van der Waals surface area contributed by atoms with Gasteiger partial charge in [-0.05, 0) is 0 Å². The first-order chi connectivity index (χ1) is 7.36. The van der Waals surface area contributed by atoms with Crippen LogP contribution in [0.3, 0.4) is 0 Å². The zero-order valence-corrected chi connectivity index (χ0v) is 12.2. The normalized spacial score (nSPS) is 12.4. The van der Waals surface area contributed by atoms with E-state index < -0.39 is 0 Å². The molecule has 0 aromatic heterocycles. The second-order valence-corrected chi connectivity index (χ2v) is 4.12. The van der Waals surface area contributed by atoms with Crippen LogP contribution in [0.4, 0.5) is 0 Å². The van der Waals surface area contributed by atoms with Gasteiger partial charge in [-0.2, -0.15) is 0 Å². The van der Waals surface area contributed by atoms with Gasteiger partial charge >= 0.3 is 21.1 Å². The van der Waals surface area contributed by atoms with E-state index in [1.807, 2.05) is 0 Å². The minimum absolute atomic E-state index is 0. The fraction of sp³-hybridized carbons (Fsp3) is 0.133. The molecule has 0 radical (unpaired) electrons. The summed E-state index contributed by atoms with van der Waals surface area (Å²) in [5, 5.41) is 0. The predicted octanol–water partition coefficient (Wildman–Crippen LogP) is 3.58. The van der Waals surface area contributed by atoms with Crippen molar-refractivity contribution in [3.05, 3.63) is 76.7 Å². The van der Waals surface area contributed by atoms with Gasteiger partial charge in [-0.15, -0.1) is 40.3 Å². The maximum Gasteiger partial charge on any atom is 2.00 e. The monoisotopic (exact) mass is 377 g/mol. The van der Waals surface area contributed by atoms with Gasteiger partial charge in [0.1, 0.15) is 0 Å². The Hall–Kier alpha value is -1.00. The average Bonchev–Trinajstić information content (AvgIpc) is 2.30. The van der Waals surface area contributed by atoms with Crippen LogP contribution in [0.1, 0.15) is 29.2 Å². The quantitative estimate of drug-likeness (QED) is 0.616. The van der Waals surface area contributed by atoms with Crippen molar-refractivity contribution in [1.29, 1.82) is 0 Å². The summed E-state index contributed by atoms with van der Waals surface area (Å²) >= 11 is 0. The molecule has 1 aliphatic rings. The van der Waals surface area contributed by atoms with Crippen molar-refractivity contribution in [2.75, 3.05) is 0 Å². The molecule has 0 spiro atoms. The first-order valence-corrected chi connectivity index (χ1v) is 5.36. The SMILES string of the molecule is C[C-]1c2ccccc2Cc2ccccc21.[W+2]. The third kappa shape index (κ3) is 1.72. The number of benzene rings is 2. The maximum atomic E-state index is 2.23. The van der Waals surface area contributed by atoms with Crippen molar-refractivity contribution in [3.8, 4) is 0 Å².